The number of ether oxygens (including phenoxy) is 4. The van der Waals surface area contributed by atoms with E-state index in [2.05, 4.69) is 6.92 Å². The molecule has 0 heterocycles. The van der Waals surface area contributed by atoms with E-state index in [0.29, 0.717) is 60.2 Å². The summed E-state index contributed by atoms with van der Waals surface area (Å²) in [6.45, 7) is 2.95. The van der Waals surface area contributed by atoms with Crippen LogP contribution in [0.1, 0.15) is 74.2 Å². The molecule has 43 heavy (non-hydrogen) atoms. The predicted octanol–water partition coefficient (Wildman–Crippen LogP) is 6.75. The Hall–Kier alpha value is -4.79. The van der Waals surface area contributed by atoms with Gasteiger partial charge in [-0.2, -0.15) is 0 Å². The Bertz CT molecular complexity index is 1330. The normalized spacial score (nSPS) is 10.8. The molecule has 0 bridgehead atoms. The van der Waals surface area contributed by atoms with Gasteiger partial charge in [0.1, 0.15) is 17.2 Å². The van der Waals surface area contributed by atoms with E-state index >= 15 is 0 Å². The SMILES string of the molecule is CCCCCCC(=O)Oc1ccc(OC(=O)C=Cc2ccc(OCCCCCOC(=O)c3cc(N)cc(N)c3)cc2)cc1. The van der Waals surface area contributed by atoms with Crippen molar-refractivity contribution < 1.29 is 33.3 Å². The van der Waals surface area contributed by atoms with Crippen molar-refractivity contribution >= 4 is 35.4 Å². The molecule has 0 radical (unpaired) electrons. The van der Waals surface area contributed by atoms with E-state index in [0.717, 1.165) is 44.1 Å². The summed E-state index contributed by atoms with van der Waals surface area (Å²) < 4.78 is 21.7. The molecule has 0 atom stereocenters. The van der Waals surface area contributed by atoms with E-state index in [1.165, 1.54) is 18.2 Å². The van der Waals surface area contributed by atoms with E-state index in [9.17, 15) is 14.4 Å². The van der Waals surface area contributed by atoms with Crippen molar-refractivity contribution in [2.45, 2.75) is 58.3 Å². The van der Waals surface area contributed by atoms with E-state index < -0.39 is 11.9 Å². The number of carbonyl (C=O) groups excluding carboxylic acids is 3. The van der Waals surface area contributed by atoms with Gasteiger partial charge in [-0.05, 0) is 91.9 Å². The zero-order chi connectivity index (χ0) is 30.9. The maximum Gasteiger partial charge on any atom is 0.338 e. The molecule has 0 unspecified atom stereocenters. The number of benzene rings is 3. The molecule has 0 saturated carbocycles. The van der Waals surface area contributed by atoms with Crippen LogP contribution in [0.15, 0.2) is 72.8 Å². The molecule has 0 aromatic heterocycles. The van der Waals surface area contributed by atoms with Gasteiger partial charge in [0.2, 0.25) is 0 Å². The molecule has 0 aliphatic carbocycles. The molecular formula is C34H40N2O7. The topological polar surface area (TPSA) is 140 Å². The van der Waals surface area contributed by atoms with Crippen LogP contribution >= 0.6 is 0 Å². The number of hydrogen-bond acceptors (Lipinski definition) is 9. The highest BCUT2D eigenvalue weighted by molar-refractivity contribution is 5.91. The minimum atomic E-state index is -0.524. The highest BCUT2D eigenvalue weighted by Gasteiger charge is 2.09. The third-order valence-electron chi connectivity index (χ3n) is 6.30. The van der Waals surface area contributed by atoms with Gasteiger partial charge < -0.3 is 30.4 Å². The lowest BCUT2D eigenvalue weighted by Gasteiger charge is -2.08. The van der Waals surface area contributed by atoms with Gasteiger partial charge in [-0.3, -0.25) is 4.79 Å². The minimum absolute atomic E-state index is 0.266. The second-order valence-corrected chi connectivity index (χ2v) is 10.0. The van der Waals surface area contributed by atoms with E-state index in [-0.39, 0.29) is 5.97 Å². The number of rotatable bonds is 17. The quantitative estimate of drug-likeness (QED) is 0.0576. The number of unbranched alkanes of at least 4 members (excludes halogenated alkanes) is 5. The van der Waals surface area contributed by atoms with Crippen molar-refractivity contribution in [1.29, 1.82) is 0 Å². The highest BCUT2D eigenvalue weighted by Crippen LogP contribution is 2.20. The molecular weight excluding hydrogens is 548 g/mol. The minimum Gasteiger partial charge on any atom is -0.494 e. The zero-order valence-electron chi connectivity index (χ0n) is 24.6. The summed E-state index contributed by atoms with van der Waals surface area (Å²) in [4.78, 5) is 36.2. The molecule has 0 aliphatic heterocycles. The van der Waals surface area contributed by atoms with Crippen LogP contribution in [-0.2, 0) is 14.3 Å². The summed E-state index contributed by atoms with van der Waals surface area (Å²) in [6, 6.07) is 18.4. The third-order valence-corrected chi connectivity index (χ3v) is 6.30. The first-order valence-electron chi connectivity index (χ1n) is 14.6. The molecule has 3 aromatic rings. The first-order chi connectivity index (χ1) is 20.8. The van der Waals surface area contributed by atoms with E-state index in [4.69, 9.17) is 30.4 Å². The molecule has 0 spiro atoms. The lowest BCUT2D eigenvalue weighted by molar-refractivity contribution is -0.134. The van der Waals surface area contributed by atoms with Crippen molar-refractivity contribution in [3.8, 4) is 17.2 Å². The average molecular weight is 589 g/mol. The van der Waals surface area contributed by atoms with Crippen LogP contribution in [0.4, 0.5) is 11.4 Å². The fraction of sp³-hybridized carbons (Fsp3) is 0.324. The molecule has 0 fully saturated rings. The highest BCUT2D eigenvalue weighted by atomic mass is 16.5. The average Bonchev–Trinajstić information content (AvgIpc) is 2.99. The molecule has 0 amide bonds. The van der Waals surface area contributed by atoms with Gasteiger partial charge in [-0.1, -0.05) is 38.3 Å². The predicted molar refractivity (Wildman–Crippen MR) is 167 cm³/mol. The standard InChI is InChI=1S/C34H40N2O7/c1-2-3-4-6-9-32(37)42-30-15-17-31(18-16-30)43-33(38)19-12-25-10-13-29(14-11-25)40-20-7-5-8-21-41-34(39)26-22-27(35)24-28(36)23-26/h10-19,22-24H,2-9,20-21,35-36H2,1H3. The van der Waals surface area contributed by atoms with Crippen LogP contribution in [0.25, 0.3) is 6.08 Å². The van der Waals surface area contributed by atoms with Crippen LogP contribution in [0.2, 0.25) is 0 Å². The number of hydrogen-bond donors (Lipinski definition) is 2. The largest absolute Gasteiger partial charge is 0.494 e. The van der Waals surface area contributed by atoms with Crippen LogP contribution in [-0.4, -0.2) is 31.1 Å². The van der Waals surface area contributed by atoms with Gasteiger partial charge in [-0.25, -0.2) is 9.59 Å². The molecule has 3 rings (SSSR count). The van der Waals surface area contributed by atoms with Crippen molar-refractivity contribution in [2.24, 2.45) is 0 Å². The van der Waals surface area contributed by atoms with Crippen LogP contribution in [0.3, 0.4) is 0 Å². The lowest BCUT2D eigenvalue weighted by Crippen LogP contribution is -2.08. The number of esters is 3. The summed E-state index contributed by atoms with van der Waals surface area (Å²) in [5.74, 6) is 0.249. The Morgan fingerprint density at radius 2 is 1.30 bits per heavy atom. The third kappa shape index (κ3) is 12.7. The van der Waals surface area contributed by atoms with Crippen molar-refractivity contribution in [3.63, 3.8) is 0 Å². The Labute approximate surface area is 252 Å². The second-order valence-electron chi connectivity index (χ2n) is 10.0. The fourth-order valence-corrected chi connectivity index (χ4v) is 4.06. The van der Waals surface area contributed by atoms with Crippen molar-refractivity contribution in [2.75, 3.05) is 24.7 Å². The van der Waals surface area contributed by atoms with Crippen LogP contribution < -0.4 is 25.7 Å². The number of nitrogens with two attached hydrogens (primary N) is 2. The molecule has 3 aromatic carbocycles. The number of anilines is 2. The van der Waals surface area contributed by atoms with Crippen molar-refractivity contribution in [1.82, 2.24) is 0 Å². The maximum absolute atomic E-state index is 12.2. The fourth-order valence-electron chi connectivity index (χ4n) is 4.06. The summed E-state index contributed by atoms with van der Waals surface area (Å²) in [6.07, 6.45) is 9.78. The van der Waals surface area contributed by atoms with Gasteiger partial charge in [0.05, 0.1) is 18.8 Å². The molecule has 228 valence electrons. The monoisotopic (exact) mass is 588 g/mol. The van der Waals surface area contributed by atoms with Crippen LogP contribution in [0.5, 0.6) is 17.2 Å². The Morgan fingerprint density at radius 1 is 0.698 bits per heavy atom. The van der Waals surface area contributed by atoms with Gasteiger partial charge in [0.25, 0.3) is 0 Å². The number of carbonyl (C=O) groups is 3. The van der Waals surface area contributed by atoms with E-state index in [1.807, 2.05) is 24.3 Å². The number of nitrogen functional groups attached to an aromatic ring is 2. The molecule has 9 heteroatoms. The van der Waals surface area contributed by atoms with E-state index in [1.54, 1.807) is 36.4 Å². The molecule has 9 nitrogen and oxygen atoms in total. The lowest BCUT2D eigenvalue weighted by atomic mass is 10.1. The molecule has 0 aliphatic rings. The zero-order valence-corrected chi connectivity index (χ0v) is 24.6. The first-order valence-corrected chi connectivity index (χ1v) is 14.6. The maximum atomic E-state index is 12.2. The summed E-state index contributed by atoms with van der Waals surface area (Å²) in [5, 5.41) is 0. The Balaban J connectivity index is 1.29. The van der Waals surface area contributed by atoms with Gasteiger partial charge in [-0.15, -0.1) is 0 Å². The van der Waals surface area contributed by atoms with Gasteiger partial charge >= 0.3 is 17.9 Å². The van der Waals surface area contributed by atoms with Gasteiger partial charge in [0, 0.05) is 23.9 Å². The smallest absolute Gasteiger partial charge is 0.338 e. The summed E-state index contributed by atoms with van der Waals surface area (Å²) in [7, 11) is 0. The van der Waals surface area contributed by atoms with Crippen molar-refractivity contribution in [3.05, 3.63) is 83.9 Å². The molecule has 0 saturated heterocycles. The summed E-state index contributed by atoms with van der Waals surface area (Å²) >= 11 is 0. The first kappa shape index (κ1) is 32.7. The Morgan fingerprint density at radius 3 is 1.98 bits per heavy atom. The second kappa shape index (κ2) is 17.9. The molecule has 4 N–H and O–H groups in total. The van der Waals surface area contributed by atoms with Crippen LogP contribution in [0, 0.1) is 0 Å². The van der Waals surface area contributed by atoms with Gasteiger partial charge in [0.15, 0.2) is 0 Å². The Kier molecular flexibility index (Phi) is 13.6. The summed E-state index contributed by atoms with van der Waals surface area (Å²) in [5.41, 5.74) is 13.4.